The Kier molecular flexibility index (Phi) is 20.2. The molecule has 0 aromatic carbocycles. The van der Waals surface area contributed by atoms with Crippen LogP contribution in [-0.2, 0) is 0 Å². The molecule has 78 heavy (non-hydrogen) atoms. The predicted molar refractivity (Wildman–Crippen MR) is 300 cm³/mol. The lowest BCUT2D eigenvalue weighted by molar-refractivity contribution is 0.225. The van der Waals surface area contributed by atoms with Crippen LogP contribution in [0.15, 0.2) is 119 Å². The van der Waals surface area contributed by atoms with Crippen molar-refractivity contribution < 1.29 is 5.11 Å². The number of hydrogen-bond acceptors (Lipinski definition) is 19. The summed E-state index contributed by atoms with van der Waals surface area (Å²) < 4.78 is 0. The van der Waals surface area contributed by atoms with E-state index in [1.165, 1.54) is 0 Å². The maximum Gasteiger partial charge on any atom is 0.204 e. The zero-order valence-corrected chi connectivity index (χ0v) is 46.8. The smallest absolute Gasteiger partial charge is 0.204 e. The van der Waals surface area contributed by atoms with Gasteiger partial charge in [-0.1, -0.05) is 39.0 Å². The highest BCUT2D eigenvalue weighted by atomic mass is 32.1. The molecule has 6 heterocycles. The highest BCUT2D eigenvalue weighted by Gasteiger charge is 2.55. The van der Waals surface area contributed by atoms with Crippen LogP contribution in [0.3, 0.4) is 0 Å². The Labute approximate surface area is 470 Å². The Morgan fingerprint density at radius 2 is 0.718 bits per heavy atom. The number of thiophene rings is 3. The fraction of sp³-hybridized carbons (Fsp3) is 0.441. The first-order chi connectivity index (χ1) is 37.8. The van der Waals surface area contributed by atoms with E-state index in [-0.39, 0.29) is 59.2 Å². The number of hydrogen-bond donors (Lipinski definition) is 4. The third kappa shape index (κ3) is 10.8. The SMILES string of the molecule is CCCN1CC=C2C(C1)C(c1ccsc1)C(C#N)=C(N)C2(C#N)C#N.CCCN1CC=C2C(C1)C(c1ccsc1)C(C#N)=C(N)C2(C#N)C#N.CCCN1CC=C2C(C1)C(c1ccsc1)C(C#N)=C(N)C2(C#N)C#N.CCO. The number of nitrogens with zero attached hydrogens (tertiary/aromatic N) is 12. The average Bonchev–Trinajstić information content (AvgIpc) is 4.36. The molecule has 0 radical (unpaired) electrons. The fourth-order valence-corrected chi connectivity index (χ4v) is 14.2. The van der Waals surface area contributed by atoms with Crippen molar-refractivity contribution in [2.45, 2.75) is 64.7 Å². The normalized spacial score (nSPS) is 24.5. The summed E-state index contributed by atoms with van der Waals surface area (Å²) in [5.74, 6) is -0.852. The number of fused-ring (bicyclic) bond motifs is 3. The molecule has 9 rings (SSSR count). The van der Waals surface area contributed by atoms with Gasteiger partial charge in [-0.05, 0) is 130 Å². The van der Waals surface area contributed by atoms with Gasteiger partial charge in [0.1, 0.15) is 0 Å². The number of rotatable bonds is 9. The minimum absolute atomic E-state index is 0.0869. The average molecular weight is 1090 g/mol. The van der Waals surface area contributed by atoms with Crippen LogP contribution in [0.25, 0.3) is 0 Å². The lowest BCUT2D eigenvalue weighted by Gasteiger charge is -2.44. The molecule has 0 spiro atoms. The molecule has 6 unspecified atom stereocenters. The molecule has 6 aliphatic rings. The van der Waals surface area contributed by atoms with E-state index in [9.17, 15) is 47.4 Å². The van der Waals surface area contributed by atoms with E-state index in [0.717, 1.165) is 91.9 Å². The second-order valence-electron chi connectivity index (χ2n) is 19.7. The first-order valence-corrected chi connectivity index (χ1v) is 28.8. The number of aliphatic hydroxyl groups excluding tert-OH is 1. The quantitative estimate of drug-likeness (QED) is 0.146. The summed E-state index contributed by atoms with van der Waals surface area (Å²) in [6.45, 7) is 15.5. The predicted octanol–water partition coefficient (Wildman–Crippen LogP) is 8.65. The van der Waals surface area contributed by atoms with Gasteiger partial charge in [0.15, 0.2) is 0 Å². The second kappa shape index (κ2) is 26.5. The van der Waals surface area contributed by atoms with Crippen molar-refractivity contribution in [2.75, 3.05) is 65.5 Å². The summed E-state index contributed by atoms with van der Waals surface area (Å²) in [7, 11) is 0. The van der Waals surface area contributed by atoms with E-state index in [4.69, 9.17) is 22.3 Å². The molecule has 3 aliphatic heterocycles. The Morgan fingerprint density at radius 3 is 0.897 bits per heavy atom. The molecule has 7 N–H and O–H groups in total. The highest BCUT2D eigenvalue weighted by molar-refractivity contribution is 7.08. The molecule has 0 fully saturated rings. The van der Waals surface area contributed by atoms with Crippen LogP contribution in [0.2, 0.25) is 0 Å². The molecule has 19 heteroatoms. The maximum absolute atomic E-state index is 9.80. The number of allylic oxidation sites excluding steroid dienone is 6. The van der Waals surface area contributed by atoms with Gasteiger partial charge in [-0.3, -0.25) is 14.7 Å². The van der Waals surface area contributed by atoms with Crippen LogP contribution in [0, 0.1) is 136 Å². The molecular weight excluding hydrogens is 1030 g/mol. The first kappa shape index (κ1) is 59.4. The minimum atomic E-state index is -1.53. The summed E-state index contributed by atoms with van der Waals surface area (Å²) in [5, 5.41) is 108. The van der Waals surface area contributed by atoms with Gasteiger partial charge in [0.05, 0.1) is 88.4 Å². The molecular formula is C59H63N15OS3. The third-order valence-corrected chi connectivity index (χ3v) is 17.6. The van der Waals surface area contributed by atoms with Gasteiger partial charge in [-0.2, -0.15) is 81.4 Å². The molecule has 3 aromatic rings. The number of nitrogens with two attached hydrogens (primary N) is 3. The third-order valence-electron chi connectivity index (χ3n) is 15.5. The monoisotopic (exact) mass is 1090 g/mol. The second-order valence-corrected chi connectivity index (χ2v) is 22.1. The Hall–Kier alpha value is -7.81. The summed E-state index contributed by atoms with van der Waals surface area (Å²) >= 11 is 4.72. The Balaban J connectivity index is 0.000000184. The van der Waals surface area contributed by atoms with Gasteiger partial charge in [0.2, 0.25) is 16.2 Å². The minimum Gasteiger partial charge on any atom is -0.399 e. The highest BCUT2D eigenvalue weighted by Crippen LogP contribution is 2.56. The lowest BCUT2D eigenvalue weighted by atomic mass is 9.60. The van der Waals surface area contributed by atoms with Gasteiger partial charge in [-0.25, -0.2) is 0 Å². The van der Waals surface area contributed by atoms with E-state index < -0.39 is 16.2 Å². The molecule has 0 saturated heterocycles. The van der Waals surface area contributed by atoms with Crippen LogP contribution in [0.5, 0.6) is 0 Å². The lowest BCUT2D eigenvalue weighted by Crippen LogP contribution is -2.47. The molecule has 3 aliphatic carbocycles. The van der Waals surface area contributed by atoms with Crippen molar-refractivity contribution in [3.05, 3.63) is 136 Å². The topological polar surface area (TPSA) is 322 Å². The number of nitriles is 9. The van der Waals surface area contributed by atoms with Crippen LogP contribution < -0.4 is 17.2 Å². The fourth-order valence-electron chi connectivity index (χ4n) is 12.1. The molecule has 0 amide bonds. The van der Waals surface area contributed by atoms with Crippen LogP contribution in [0.4, 0.5) is 0 Å². The van der Waals surface area contributed by atoms with Crippen molar-refractivity contribution in [1.82, 2.24) is 14.7 Å². The maximum atomic E-state index is 9.80. The van der Waals surface area contributed by atoms with E-state index in [1.54, 1.807) is 40.9 Å². The largest absolute Gasteiger partial charge is 0.399 e. The zero-order valence-electron chi connectivity index (χ0n) is 44.4. The molecule has 6 atom stereocenters. The van der Waals surface area contributed by atoms with Crippen molar-refractivity contribution in [3.63, 3.8) is 0 Å². The first-order valence-electron chi connectivity index (χ1n) is 25.9. The van der Waals surface area contributed by atoms with E-state index in [2.05, 4.69) is 90.1 Å². The number of aliphatic hydroxyl groups is 1. The van der Waals surface area contributed by atoms with Gasteiger partial charge in [0.25, 0.3) is 0 Å². The molecule has 0 bridgehead atoms. The van der Waals surface area contributed by atoms with E-state index in [1.807, 2.05) is 68.7 Å². The van der Waals surface area contributed by atoms with Gasteiger partial charge in [0, 0.05) is 81.4 Å². The van der Waals surface area contributed by atoms with Crippen molar-refractivity contribution in [3.8, 4) is 54.6 Å². The van der Waals surface area contributed by atoms with Crippen molar-refractivity contribution >= 4 is 34.0 Å². The molecule has 398 valence electrons. The molecule has 16 nitrogen and oxygen atoms in total. The van der Waals surface area contributed by atoms with Gasteiger partial charge < -0.3 is 22.3 Å². The van der Waals surface area contributed by atoms with E-state index in [0.29, 0.717) is 36.4 Å². The van der Waals surface area contributed by atoms with Crippen molar-refractivity contribution in [2.24, 2.45) is 51.2 Å². The van der Waals surface area contributed by atoms with Gasteiger partial charge >= 0.3 is 0 Å². The molecule has 3 aromatic heterocycles. The summed E-state index contributed by atoms with van der Waals surface area (Å²) in [5.41, 5.74) is 20.9. The summed E-state index contributed by atoms with van der Waals surface area (Å²) in [4.78, 5) is 6.93. The summed E-state index contributed by atoms with van der Waals surface area (Å²) in [6, 6.07) is 25.3. The van der Waals surface area contributed by atoms with E-state index >= 15 is 0 Å². The van der Waals surface area contributed by atoms with Crippen LogP contribution in [0.1, 0.15) is 81.4 Å². The zero-order chi connectivity index (χ0) is 56.8. The van der Waals surface area contributed by atoms with Crippen LogP contribution in [-0.4, -0.2) is 85.3 Å². The summed E-state index contributed by atoms with van der Waals surface area (Å²) in [6.07, 6.45) is 9.04. The van der Waals surface area contributed by atoms with Gasteiger partial charge in [-0.15, -0.1) is 0 Å². The molecule has 0 saturated carbocycles. The standard InChI is InChI=1S/3C19H19N5S.C2H6O/c3*1-2-5-24-6-3-16-15(9-24)17(13-4-7-25-10-13)14(8-20)18(23)19(16,11-21)12-22;1-2-3/h3*3-4,7,10,15,17H,2,5-6,9,23H2,1H3;3H,2H2,1H3. The Morgan fingerprint density at radius 1 is 0.474 bits per heavy atom. The van der Waals surface area contributed by atoms with Crippen molar-refractivity contribution in [1.29, 1.82) is 47.4 Å². The Bertz CT molecular complexity index is 2860. The van der Waals surface area contributed by atoms with Crippen LogP contribution >= 0.6 is 34.0 Å².